The average Bonchev–Trinajstić information content (AvgIpc) is 2.34. The van der Waals surface area contributed by atoms with Crippen LogP contribution in [0.4, 0.5) is 13.2 Å². The van der Waals surface area contributed by atoms with E-state index < -0.39 is 23.8 Å². The lowest BCUT2D eigenvalue weighted by Crippen LogP contribution is -2.18. The van der Waals surface area contributed by atoms with Crippen LogP contribution in [0.3, 0.4) is 0 Å². The minimum atomic E-state index is -4.63. The van der Waals surface area contributed by atoms with E-state index in [9.17, 15) is 18.0 Å². The molecule has 1 aromatic rings. The minimum absolute atomic E-state index is 0.0127. The number of aliphatic carboxylic acids is 1. The number of rotatable bonds is 5. The molecular weight excluding hydrogens is 299 g/mol. The summed E-state index contributed by atoms with van der Waals surface area (Å²) in [5, 5.41) is 8.54. The molecule has 8 heteroatoms. The van der Waals surface area contributed by atoms with Crippen LogP contribution in [-0.4, -0.2) is 18.2 Å². The predicted octanol–water partition coefficient (Wildman–Crippen LogP) is 3.23. The fraction of sp³-hybridized carbons (Fsp3) is 0.417. The number of halogens is 4. The van der Waals surface area contributed by atoms with E-state index in [1.54, 1.807) is 0 Å². The van der Waals surface area contributed by atoms with Gasteiger partial charge in [0.05, 0.1) is 17.7 Å². The molecule has 20 heavy (non-hydrogen) atoms. The molecular formula is C12H13ClF3NO3. The second-order valence-electron chi connectivity index (χ2n) is 4.11. The quantitative estimate of drug-likeness (QED) is 0.875. The topological polar surface area (TPSA) is 72.5 Å². The van der Waals surface area contributed by atoms with Gasteiger partial charge in [-0.15, -0.1) is 0 Å². The van der Waals surface area contributed by atoms with Crippen molar-refractivity contribution in [3.8, 4) is 5.75 Å². The second kappa shape index (κ2) is 6.32. The molecule has 0 bridgehead atoms. The zero-order valence-corrected chi connectivity index (χ0v) is 11.3. The van der Waals surface area contributed by atoms with Crippen molar-refractivity contribution in [2.75, 3.05) is 7.11 Å². The zero-order chi connectivity index (χ0) is 15.5. The van der Waals surface area contributed by atoms with Crippen LogP contribution in [-0.2, 0) is 11.0 Å². The van der Waals surface area contributed by atoms with Crippen LogP contribution in [0.15, 0.2) is 12.1 Å². The maximum absolute atomic E-state index is 13.0. The molecule has 0 saturated heterocycles. The Balaban J connectivity index is 3.22. The van der Waals surface area contributed by atoms with E-state index in [0.717, 1.165) is 12.1 Å². The summed E-state index contributed by atoms with van der Waals surface area (Å²) in [5.41, 5.74) is 4.42. The number of carbonyl (C=O) groups is 1. The van der Waals surface area contributed by atoms with Crippen molar-refractivity contribution in [1.29, 1.82) is 0 Å². The number of benzene rings is 1. The SMILES string of the molecule is COc1cc(C(F)(F)F)c(C(N)CCC(=O)O)cc1Cl. The number of carboxylic acids is 1. The van der Waals surface area contributed by atoms with Crippen molar-refractivity contribution >= 4 is 17.6 Å². The third-order valence-electron chi connectivity index (χ3n) is 2.70. The molecule has 0 aliphatic rings. The van der Waals surface area contributed by atoms with Crippen molar-refractivity contribution in [2.24, 2.45) is 5.73 Å². The van der Waals surface area contributed by atoms with E-state index in [-0.39, 0.29) is 29.2 Å². The third kappa shape index (κ3) is 4.01. The number of hydrogen-bond donors (Lipinski definition) is 2. The molecule has 4 nitrogen and oxygen atoms in total. The summed E-state index contributed by atoms with van der Waals surface area (Å²) < 4.78 is 43.7. The monoisotopic (exact) mass is 311 g/mol. The summed E-state index contributed by atoms with van der Waals surface area (Å²) in [6.07, 6.45) is -5.09. The van der Waals surface area contributed by atoms with Crippen LogP contribution in [0.2, 0.25) is 5.02 Å². The van der Waals surface area contributed by atoms with Gasteiger partial charge in [-0.3, -0.25) is 4.79 Å². The highest BCUT2D eigenvalue weighted by Crippen LogP contribution is 2.40. The number of methoxy groups -OCH3 is 1. The fourth-order valence-electron chi connectivity index (χ4n) is 1.71. The first-order valence-electron chi connectivity index (χ1n) is 5.58. The zero-order valence-electron chi connectivity index (χ0n) is 10.5. The van der Waals surface area contributed by atoms with Gasteiger partial charge in [0.15, 0.2) is 0 Å². The Labute approximate surface area is 118 Å². The predicted molar refractivity (Wildman–Crippen MR) is 66.8 cm³/mol. The maximum atomic E-state index is 13.0. The van der Waals surface area contributed by atoms with Gasteiger partial charge >= 0.3 is 12.1 Å². The summed E-state index contributed by atoms with van der Waals surface area (Å²) >= 11 is 5.79. The van der Waals surface area contributed by atoms with Gasteiger partial charge in [0.1, 0.15) is 5.75 Å². The first kappa shape index (κ1) is 16.6. The smallest absolute Gasteiger partial charge is 0.416 e. The van der Waals surface area contributed by atoms with Crippen LogP contribution in [0.5, 0.6) is 5.75 Å². The van der Waals surface area contributed by atoms with Gasteiger partial charge in [-0.2, -0.15) is 13.2 Å². The van der Waals surface area contributed by atoms with E-state index >= 15 is 0 Å². The molecule has 0 spiro atoms. The van der Waals surface area contributed by atoms with Crippen LogP contribution in [0.1, 0.15) is 30.0 Å². The van der Waals surface area contributed by atoms with Gasteiger partial charge < -0.3 is 15.6 Å². The second-order valence-corrected chi connectivity index (χ2v) is 4.52. The van der Waals surface area contributed by atoms with E-state index in [1.807, 2.05) is 0 Å². The lowest BCUT2D eigenvalue weighted by Gasteiger charge is -2.19. The third-order valence-corrected chi connectivity index (χ3v) is 2.99. The van der Waals surface area contributed by atoms with Crippen molar-refractivity contribution in [2.45, 2.75) is 25.1 Å². The number of ether oxygens (including phenoxy) is 1. The summed E-state index contributed by atoms with van der Waals surface area (Å²) in [5.74, 6) is -1.25. The molecule has 1 aromatic carbocycles. The minimum Gasteiger partial charge on any atom is -0.495 e. The lowest BCUT2D eigenvalue weighted by atomic mass is 9.96. The van der Waals surface area contributed by atoms with E-state index in [2.05, 4.69) is 0 Å². The van der Waals surface area contributed by atoms with Crippen molar-refractivity contribution in [3.05, 3.63) is 28.3 Å². The van der Waals surface area contributed by atoms with Gasteiger partial charge in [0.25, 0.3) is 0 Å². The van der Waals surface area contributed by atoms with Crippen molar-refractivity contribution in [3.63, 3.8) is 0 Å². The van der Waals surface area contributed by atoms with Crippen LogP contribution < -0.4 is 10.5 Å². The molecule has 0 heterocycles. The first-order chi connectivity index (χ1) is 9.16. The molecule has 1 atom stereocenters. The lowest BCUT2D eigenvalue weighted by molar-refractivity contribution is -0.138. The molecule has 0 aliphatic heterocycles. The van der Waals surface area contributed by atoms with Gasteiger partial charge in [0.2, 0.25) is 0 Å². The number of hydrogen-bond acceptors (Lipinski definition) is 3. The highest BCUT2D eigenvalue weighted by atomic mass is 35.5. The highest BCUT2D eigenvalue weighted by Gasteiger charge is 2.36. The fourth-order valence-corrected chi connectivity index (χ4v) is 1.96. The van der Waals surface area contributed by atoms with E-state index in [4.69, 9.17) is 27.2 Å². The highest BCUT2D eigenvalue weighted by molar-refractivity contribution is 6.32. The summed E-state index contributed by atoms with van der Waals surface area (Å²) in [4.78, 5) is 10.5. The standard InChI is InChI=1S/C12H13ClF3NO3/c1-20-10-5-7(12(14,15)16)6(4-8(10)13)9(17)2-3-11(18)19/h4-5,9H,2-3,17H2,1H3,(H,18,19). The Hall–Kier alpha value is -1.47. The molecule has 1 unspecified atom stereocenters. The Morgan fingerprint density at radius 1 is 1.50 bits per heavy atom. The molecule has 0 aromatic heterocycles. The number of carboxylic acid groups (broad SMARTS) is 1. The Morgan fingerprint density at radius 2 is 2.10 bits per heavy atom. The van der Waals surface area contributed by atoms with Gasteiger partial charge in [-0.1, -0.05) is 11.6 Å². The maximum Gasteiger partial charge on any atom is 0.416 e. The normalized spacial score (nSPS) is 13.1. The molecule has 112 valence electrons. The summed E-state index contributed by atoms with van der Waals surface area (Å²) in [6, 6.07) is 0.750. The largest absolute Gasteiger partial charge is 0.495 e. The molecule has 3 N–H and O–H groups in total. The Morgan fingerprint density at radius 3 is 2.55 bits per heavy atom. The van der Waals surface area contributed by atoms with E-state index in [0.29, 0.717) is 0 Å². The Bertz CT molecular complexity index is 505. The molecule has 0 fully saturated rings. The van der Waals surface area contributed by atoms with Gasteiger partial charge in [0, 0.05) is 12.5 Å². The first-order valence-corrected chi connectivity index (χ1v) is 5.96. The summed E-state index contributed by atoms with van der Waals surface area (Å²) in [6.45, 7) is 0. The summed E-state index contributed by atoms with van der Waals surface area (Å²) in [7, 11) is 1.20. The number of nitrogens with two attached hydrogens (primary N) is 1. The molecule has 0 amide bonds. The van der Waals surface area contributed by atoms with Crippen LogP contribution >= 0.6 is 11.6 Å². The molecule has 0 radical (unpaired) electrons. The molecule has 0 saturated carbocycles. The Kier molecular flexibility index (Phi) is 5.24. The van der Waals surface area contributed by atoms with Crippen LogP contribution in [0.25, 0.3) is 0 Å². The molecule has 1 rings (SSSR count). The molecule has 0 aliphatic carbocycles. The van der Waals surface area contributed by atoms with Crippen LogP contribution in [0, 0.1) is 0 Å². The van der Waals surface area contributed by atoms with Crippen molar-refractivity contribution in [1.82, 2.24) is 0 Å². The van der Waals surface area contributed by atoms with Crippen molar-refractivity contribution < 1.29 is 27.8 Å². The number of alkyl halides is 3. The van der Waals surface area contributed by atoms with E-state index in [1.165, 1.54) is 7.11 Å². The average molecular weight is 312 g/mol. The van der Waals surface area contributed by atoms with Gasteiger partial charge in [-0.25, -0.2) is 0 Å². The van der Waals surface area contributed by atoms with Gasteiger partial charge in [-0.05, 0) is 24.1 Å².